The van der Waals surface area contributed by atoms with E-state index in [0.717, 1.165) is 18.8 Å². The van der Waals surface area contributed by atoms with Gasteiger partial charge in [0.05, 0.1) is 5.97 Å². The molecule has 0 amide bonds. The molecular weight excluding hydrogens is 356 g/mol. The Morgan fingerprint density at radius 1 is 0.655 bits per heavy atom. The van der Waals surface area contributed by atoms with Gasteiger partial charge in [0.2, 0.25) is 0 Å². The molecule has 0 aromatic carbocycles. The fourth-order valence-corrected chi connectivity index (χ4v) is 4.40. The Morgan fingerprint density at radius 3 is 1.52 bits per heavy atom. The zero-order valence-corrected chi connectivity index (χ0v) is 20.1. The van der Waals surface area contributed by atoms with Crippen LogP contribution >= 0.6 is 0 Å². The van der Waals surface area contributed by atoms with Crippen molar-refractivity contribution in [2.45, 2.75) is 143 Å². The van der Waals surface area contributed by atoms with E-state index >= 15 is 0 Å². The van der Waals surface area contributed by atoms with Crippen molar-refractivity contribution in [2.75, 3.05) is 0 Å². The van der Waals surface area contributed by atoms with Crippen LogP contribution in [0, 0.1) is 11.8 Å². The van der Waals surface area contributed by atoms with Crippen LogP contribution in [0.4, 0.5) is 0 Å². The van der Waals surface area contributed by atoms with Crippen molar-refractivity contribution in [3.8, 4) is 0 Å². The summed E-state index contributed by atoms with van der Waals surface area (Å²) in [6.45, 7) is 10.4. The van der Waals surface area contributed by atoms with Crippen LogP contribution in [-0.4, -0.2) is 5.97 Å². The number of carboxylic acids is 1. The second-order valence-corrected chi connectivity index (χ2v) is 9.25. The monoisotopic (exact) mass is 407 g/mol. The van der Waals surface area contributed by atoms with Gasteiger partial charge in [0.1, 0.15) is 0 Å². The number of carbonyl (C=O) groups is 1. The minimum atomic E-state index is -1.08. The molecule has 0 N–H and O–H groups in total. The molecule has 0 aliphatic heterocycles. The standard InChI is InChI=1S/C27H52O2/c1-5-8-9-10-11-12-13-14-15-16-17-18-20-25(6-2)21-19-22-26(7-3)23-24(4)27(28)29/h25-26H,4-23H2,1-3H3,(H,28,29)/p-1. The molecular formula is C27H51O2-. The number of hydrogen-bond donors (Lipinski definition) is 0. The highest BCUT2D eigenvalue weighted by molar-refractivity contribution is 5.83. The van der Waals surface area contributed by atoms with E-state index in [1.54, 1.807) is 0 Å². The normalized spacial score (nSPS) is 13.3. The largest absolute Gasteiger partial charge is 0.545 e. The molecule has 0 saturated heterocycles. The van der Waals surface area contributed by atoms with Gasteiger partial charge < -0.3 is 9.90 Å². The van der Waals surface area contributed by atoms with Crippen molar-refractivity contribution >= 4 is 5.97 Å². The Labute approximate surface area is 182 Å². The number of carbonyl (C=O) groups excluding carboxylic acids is 1. The van der Waals surface area contributed by atoms with E-state index in [2.05, 4.69) is 27.4 Å². The summed E-state index contributed by atoms with van der Waals surface area (Å²) in [5.41, 5.74) is 0.264. The van der Waals surface area contributed by atoms with E-state index in [4.69, 9.17) is 0 Å². The highest BCUT2D eigenvalue weighted by Gasteiger charge is 2.11. The molecule has 0 heterocycles. The molecule has 0 bridgehead atoms. The summed E-state index contributed by atoms with van der Waals surface area (Å²) in [4.78, 5) is 10.9. The van der Waals surface area contributed by atoms with Gasteiger partial charge in [0.25, 0.3) is 0 Å². The van der Waals surface area contributed by atoms with Crippen LogP contribution in [0.2, 0.25) is 0 Å². The first-order valence-corrected chi connectivity index (χ1v) is 12.9. The summed E-state index contributed by atoms with van der Waals surface area (Å²) < 4.78 is 0. The van der Waals surface area contributed by atoms with Crippen LogP contribution in [0.1, 0.15) is 143 Å². The maximum absolute atomic E-state index is 10.9. The molecule has 0 aromatic heterocycles. The average molecular weight is 408 g/mol. The van der Waals surface area contributed by atoms with E-state index in [1.807, 2.05) is 0 Å². The Balaban J connectivity index is 3.62. The smallest absolute Gasteiger partial charge is 0.0669 e. The highest BCUT2D eigenvalue weighted by Crippen LogP contribution is 2.25. The van der Waals surface area contributed by atoms with Crippen LogP contribution < -0.4 is 5.11 Å². The molecule has 29 heavy (non-hydrogen) atoms. The molecule has 0 aliphatic carbocycles. The summed E-state index contributed by atoms with van der Waals surface area (Å²) >= 11 is 0. The predicted octanol–water partition coefficient (Wildman–Crippen LogP) is 8.00. The average Bonchev–Trinajstić information content (AvgIpc) is 2.72. The number of rotatable bonds is 22. The van der Waals surface area contributed by atoms with Crippen molar-refractivity contribution in [3.05, 3.63) is 12.2 Å². The third kappa shape index (κ3) is 17.8. The third-order valence-corrected chi connectivity index (χ3v) is 6.67. The van der Waals surface area contributed by atoms with Crippen molar-refractivity contribution in [1.29, 1.82) is 0 Å². The van der Waals surface area contributed by atoms with Gasteiger partial charge in [0.15, 0.2) is 0 Å². The van der Waals surface area contributed by atoms with Crippen molar-refractivity contribution in [1.82, 2.24) is 0 Å². The first-order valence-electron chi connectivity index (χ1n) is 12.9. The summed E-state index contributed by atoms with van der Waals surface area (Å²) in [7, 11) is 0. The number of hydrogen-bond acceptors (Lipinski definition) is 2. The Bertz CT molecular complexity index is 388. The molecule has 0 spiro atoms. The highest BCUT2D eigenvalue weighted by atomic mass is 16.4. The van der Waals surface area contributed by atoms with E-state index in [9.17, 15) is 9.90 Å². The summed E-state index contributed by atoms with van der Waals surface area (Å²) in [6, 6.07) is 0. The van der Waals surface area contributed by atoms with Gasteiger partial charge in [-0.25, -0.2) is 0 Å². The number of unbranched alkanes of at least 4 members (excludes halogenated alkanes) is 11. The topological polar surface area (TPSA) is 40.1 Å². The second kappa shape index (κ2) is 20.5. The van der Waals surface area contributed by atoms with Gasteiger partial charge in [0, 0.05) is 0 Å². The maximum Gasteiger partial charge on any atom is 0.0669 e. The lowest BCUT2D eigenvalue weighted by Crippen LogP contribution is -2.25. The summed E-state index contributed by atoms with van der Waals surface area (Å²) in [5, 5.41) is 10.9. The van der Waals surface area contributed by atoms with Gasteiger partial charge in [-0.05, 0) is 23.8 Å². The minimum Gasteiger partial charge on any atom is -0.545 e. The van der Waals surface area contributed by atoms with Crippen LogP contribution in [0.3, 0.4) is 0 Å². The van der Waals surface area contributed by atoms with E-state index in [-0.39, 0.29) is 5.57 Å². The minimum absolute atomic E-state index is 0.264. The van der Waals surface area contributed by atoms with E-state index in [1.165, 1.54) is 103 Å². The lowest BCUT2D eigenvalue weighted by molar-refractivity contribution is -0.299. The zero-order chi connectivity index (χ0) is 21.7. The third-order valence-electron chi connectivity index (χ3n) is 6.67. The van der Waals surface area contributed by atoms with E-state index < -0.39 is 5.97 Å². The van der Waals surface area contributed by atoms with Gasteiger partial charge in [-0.3, -0.25) is 0 Å². The fourth-order valence-electron chi connectivity index (χ4n) is 4.40. The van der Waals surface area contributed by atoms with Gasteiger partial charge in [-0.15, -0.1) is 0 Å². The fraction of sp³-hybridized carbons (Fsp3) is 0.889. The molecule has 2 atom stereocenters. The van der Waals surface area contributed by atoms with E-state index in [0.29, 0.717) is 12.3 Å². The molecule has 172 valence electrons. The first kappa shape index (κ1) is 28.2. The van der Waals surface area contributed by atoms with Crippen LogP contribution in [0.25, 0.3) is 0 Å². The first-order chi connectivity index (χ1) is 14.0. The van der Waals surface area contributed by atoms with Crippen molar-refractivity contribution in [2.24, 2.45) is 11.8 Å². The zero-order valence-electron chi connectivity index (χ0n) is 20.1. The molecule has 2 nitrogen and oxygen atoms in total. The summed E-state index contributed by atoms with van der Waals surface area (Å²) in [5.74, 6) is 0.214. The van der Waals surface area contributed by atoms with Gasteiger partial charge in [-0.1, -0.05) is 143 Å². The lowest BCUT2D eigenvalue weighted by atomic mass is 9.88. The molecule has 0 saturated carbocycles. The molecule has 2 unspecified atom stereocenters. The van der Waals surface area contributed by atoms with Gasteiger partial charge >= 0.3 is 0 Å². The number of aliphatic carboxylic acids is 1. The molecule has 0 radical (unpaired) electrons. The van der Waals surface area contributed by atoms with Crippen LogP contribution in [0.15, 0.2) is 12.2 Å². The van der Waals surface area contributed by atoms with Crippen LogP contribution in [0.5, 0.6) is 0 Å². The Kier molecular flexibility index (Phi) is 19.9. The molecule has 0 aromatic rings. The van der Waals surface area contributed by atoms with Crippen molar-refractivity contribution in [3.63, 3.8) is 0 Å². The Morgan fingerprint density at radius 2 is 1.07 bits per heavy atom. The molecule has 0 fully saturated rings. The Hall–Kier alpha value is -0.790. The second-order valence-electron chi connectivity index (χ2n) is 9.25. The molecule has 0 aliphatic rings. The van der Waals surface area contributed by atoms with Crippen molar-refractivity contribution < 1.29 is 9.90 Å². The molecule has 2 heteroatoms. The SMILES string of the molecule is C=C(CC(CC)CCCC(CC)CCCCCCCCCCCCCC)C(=O)[O-]. The maximum atomic E-state index is 10.9. The van der Waals surface area contributed by atoms with Gasteiger partial charge in [-0.2, -0.15) is 0 Å². The predicted molar refractivity (Wildman–Crippen MR) is 126 cm³/mol. The lowest BCUT2D eigenvalue weighted by Gasteiger charge is -2.19. The molecule has 0 rings (SSSR count). The quantitative estimate of drug-likeness (QED) is 0.135. The van der Waals surface area contributed by atoms with Crippen LogP contribution in [-0.2, 0) is 4.79 Å². The summed E-state index contributed by atoms with van der Waals surface area (Å²) in [6.07, 6.45) is 24.9. The number of carboxylic acid groups (broad SMARTS) is 1.